The molecule has 0 unspecified atom stereocenters. The second kappa shape index (κ2) is 9.22. The monoisotopic (exact) mass is 469 g/mol. The Balaban J connectivity index is 1.39. The van der Waals surface area contributed by atoms with Crippen molar-refractivity contribution in [3.05, 3.63) is 77.0 Å². The first-order valence-corrected chi connectivity index (χ1v) is 11.4. The summed E-state index contributed by atoms with van der Waals surface area (Å²) in [5.74, 6) is -1.84. The fourth-order valence-electron chi connectivity index (χ4n) is 4.07. The molecule has 1 N–H and O–H groups in total. The number of carboxylic acids is 1. The molecule has 0 atom stereocenters. The molecular formula is C27H29F2NO4. The number of fused-ring (bicyclic) bond motifs is 1. The van der Waals surface area contributed by atoms with Gasteiger partial charge in [-0.2, -0.15) is 0 Å². The molecule has 0 radical (unpaired) electrons. The van der Waals surface area contributed by atoms with Gasteiger partial charge in [0, 0.05) is 31.1 Å². The second-order valence-corrected chi connectivity index (χ2v) is 9.36. The number of hydrogen-bond donors (Lipinski definition) is 1. The molecule has 1 aliphatic heterocycles. The number of ether oxygens (including phenoxy) is 1. The Bertz CT molecular complexity index is 1160. The zero-order valence-electron chi connectivity index (χ0n) is 19.6. The van der Waals surface area contributed by atoms with Gasteiger partial charge in [-0.15, -0.1) is 0 Å². The molecule has 34 heavy (non-hydrogen) atoms. The molecule has 1 aliphatic rings. The maximum absolute atomic E-state index is 13.5. The van der Waals surface area contributed by atoms with Crippen molar-refractivity contribution in [3.8, 4) is 17.1 Å². The van der Waals surface area contributed by atoms with Crippen LogP contribution in [0, 0.1) is 0 Å². The number of aliphatic carboxylic acids is 1. The molecule has 0 spiro atoms. The lowest BCUT2D eigenvalue weighted by atomic mass is 10.0. The van der Waals surface area contributed by atoms with Gasteiger partial charge < -0.3 is 14.3 Å². The predicted octanol–water partition coefficient (Wildman–Crippen LogP) is 5.90. The highest BCUT2D eigenvalue weighted by atomic mass is 19.3. The van der Waals surface area contributed by atoms with E-state index in [1.807, 2.05) is 30.3 Å². The van der Waals surface area contributed by atoms with E-state index in [4.69, 9.17) is 9.15 Å². The van der Waals surface area contributed by atoms with Crippen LogP contribution < -0.4 is 4.74 Å². The van der Waals surface area contributed by atoms with Crippen molar-refractivity contribution in [2.45, 2.75) is 51.7 Å². The van der Waals surface area contributed by atoms with E-state index in [2.05, 4.69) is 4.90 Å². The van der Waals surface area contributed by atoms with Crippen LogP contribution in [0.3, 0.4) is 0 Å². The van der Waals surface area contributed by atoms with Crippen LogP contribution in [0.2, 0.25) is 0 Å². The molecule has 0 saturated heterocycles. The number of carboxylic acid groups (broad SMARTS) is 1. The van der Waals surface area contributed by atoms with E-state index in [0.717, 1.165) is 49.7 Å². The minimum atomic E-state index is -2.86. The van der Waals surface area contributed by atoms with E-state index in [1.54, 1.807) is 12.1 Å². The minimum Gasteiger partial charge on any atom is -0.478 e. The summed E-state index contributed by atoms with van der Waals surface area (Å²) >= 11 is 0. The first-order chi connectivity index (χ1) is 16.0. The molecule has 1 aromatic heterocycles. The van der Waals surface area contributed by atoms with Crippen molar-refractivity contribution in [2.24, 2.45) is 0 Å². The summed E-state index contributed by atoms with van der Waals surface area (Å²) in [6.45, 7) is 6.30. The summed E-state index contributed by atoms with van der Waals surface area (Å²) < 4.78 is 38.6. The van der Waals surface area contributed by atoms with E-state index >= 15 is 0 Å². The van der Waals surface area contributed by atoms with Crippen molar-refractivity contribution in [3.63, 3.8) is 0 Å². The van der Waals surface area contributed by atoms with Crippen LogP contribution >= 0.6 is 0 Å². The van der Waals surface area contributed by atoms with Crippen LogP contribution in [-0.4, -0.2) is 34.7 Å². The van der Waals surface area contributed by atoms with Gasteiger partial charge in [-0.3, -0.25) is 4.90 Å². The van der Waals surface area contributed by atoms with Crippen LogP contribution in [-0.2, 0) is 30.1 Å². The third kappa shape index (κ3) is 5.47. The van der Waals surface area contributed by atoms with Gasteiger partial charge in [0.15, 0.2) is 5.60 Å². The normalized spacial score (nSPS) is 15.0. The number of carbonyl (C=O) groups is 1. The third-order valence-corrected chi connectivity index (χ3v) is 6.18. The molecule has 4 rings (SSSR count). The number of rotatable bonds is 7. The van der Waals surface area contributed by atoms with Crippen molar-refractivity contribution in [1.82, 2.24) is 4.90 Å². The molecule has 7 heteroatoms. The summed E-state index contributed by atoms with van der Waals surface area (Å²) in [4.78, 5) is 13.7. The van der Waals surface area contributed by atoms with E-state index in [9.17, 15) is 18.7 Å². The van der Waals surface area contributed by atoms with Gasteiger partial charge in [0.2, 0.25) is 0 Å². The quantitative estimate of drug-likeness (QED) is 0.467. The molecule has 2 heterocycles. The zero-order chi connectivity index (χ0) is 24.5. The number of benzene rings is 2. The van der Waals surface area contributed by atoms with Gasteiger partial charge in [-0.05, 0) is 62.1 Å². The number of alkyl halides is 2. The number of nitrogens with zero attached hydrogens (tertiary/aromatic N) is 1. The summed E-state index contributed by atoms with van der Waals surface area (Å²) in [5.41, 5.74) is 1.84. The Morgan fingerprint density at radius 3 is 2.32 bits per heavy atom. The Labute approximate surface area is 198 Å². The first kappa shape index (κ1) is 24.0. The number of furan rings is 1. The molecule has 0 saturated carbocycles. The van der Waals surface area contributed by atoms with Crippen molar-refractivity contribution in [2.75, 3.05) is 13.1 Å². The first-order valence-electron chi connectivity index (χ1n) is 11.4. The van der Waals surface area contributed by atoms with Crippen LogP contribution in [0.25, 0.3) is 11.3 Å². The third-order valence-electron chi connectivity index (χ3n) is 6.18. The largest absolute Gasteiger partial charge is 0.478 e. The maximum Gasteiger partial charge on any atom is 0.347 e. The highest BCUT2D eigenvalue weighted by Gasteiger charge is 2.30. The van der Waals surface area contributed by atoms with Crippen molar-refractivity contribution in [1.29, 1.82) is 0 Å². The lowest BCUT2D eigenvalue weighted by molar-refractivity contribution is -0.152. The van der Waals surface area contributed by atoms with Gasteiger partial charge in [0.05, 0.1) is 6.54 Å². The Kier molecular flexibility index (Phi) is 6.49. The topological polar surface area (TPSA) is 62.9 Å². The van der Waals surface area contributed by atoms with Crippen LogP contribution in [0.15, 0.2) is 59.0 Å². The minimum absolute atomic E-state index is 0.0211. The standard InChI is InChI=1S/C27H29F2NO4/c1-26(2,25(31)32)34-22-9-6-18-12-14-30(15-13-20(18)16-22)17-23-10-11-24(33-23)19-4-7-21(8-5-19)27(3,28)29/h4-11,16H,12-15,17H2,1-3H3,(H,31,32). The molecule has 0 amide bonds. The summed E-state index contributed by atoms with van der Waals surface area (Å²) in [6.07, 6.45) is 1.69. The average Bonchev–Trinajstić information content (AvgIpc) is 3.15. The van der Waals surface area contributed by atoms with Crippen LogP contribution in [0.4, 0.5) is 8.78 Å². The Morgan fingerprint density at radius 2 is 1.68 bits per heavy atom. The summed E-state index contributed by atoms with van der Waals surface area (Å²) in [7, 11) is 0. The lowest BCUT2D eigenvalue weighted by Crippen LogP contribution is -2.37. The fourth-order valence-corrected chi connectivity index (χ4v) is 4.07. The van der Waals surface area contributed by atoms with Gasteiger partial charge in [-0.25, -0.2) is 13.6 Å². The molecular weight excluding hydrogens is 440 g/mol. The van der Waals surface area contributed by atoms with Gasteiger partial charge >= 0.3 is 5.97 Å². The van der Waals surface area contributed by atoms with Crippen LogP contribution in [0.5, 0.6) is 5.75 Å². The van der Waals surface area contributed by atoms with Gasteiger partial charge in [0.1, 0.15) is 17.3 Å². The van der Waals surface area contributed by atoms with Crippen molar-refractivity contribution < 1.29 is 27.8 Å². The Hall–Kier alpha value is -3.19. The summed E-state index contributed by atoms with van der Waals surface area (Å²) in [6, 6.07) is 15.8. The molecule has 5 nitrogen and oxygen atoms in total. The molecule has 2 aromatic carbocycles. The molecule has 0 fully saturated rings. The van der Waals surface area contributed by atoms with E-state index in [0.29, 0.717) is 18.1 Å². The summed E-state index contributed by atoms with van der Waals surface area (Å²) in [5, 5.41) is 9.31. The molecule has 180 valence electrons. The van der Waals surface area contributed by atoms with Crippen LogP contribution in [0.1, 0.15) is 43.2 Å². The molecule has 3 aromatic rings. The number of halogens is 2. The van der Waals surface area contributed by atoms with Gasteiger partial charge in [0.25, 0.3) is 5.92 Å². The smallest absolute Gasteiger partial charge is 0.347 e. The second-order valence-electron chi connectivity index (χ2n) is 9.36. The highest BCUT2D eigenvalue weighted by Crippen LogP contribution is 2.30. The number of hydrogen-bond acceptors (Lipinski definition) is 4. The SMILES string of the molecule is CC(C)(Oc1ccc2c(c1)CCN(Cc1ccc(-c3ccc(C(C)(F)F)cc3)o1)CC2)C(=O)O. The Morgan fingerprint density at radius 1 is 1.00 bits per heavy atom. The van der Waals surface area contributed by atoms with E-state index in [1.165, 1.54) is 31.5 Å². The van der Waals surface area contributed by atoms with Gasteiger partial charge in [-0.1, -0.05) is 30.3 Å². The molecule has 0 aliphatic carbocycles. The van der Waals surface area contributed by atoms with E-state index in [-0.39, 0.29) is 5.56 Å². The highest BCUT2D eigenvalue weighted by molar-refractivity contribution is 5.76. The lowest BCUT2D eigenvalue weighted by Gasteiger charge is -2.22. The van der Waals surface area contributed by atoms with E-state index < -0.39 is 17.5 Å². The fraction of sp³-hybridized carbons (Fsp3) is 0.370. The zero-order valence-corrected chi connectivity index (χ0v) is 19.6. The maximum atomic E-state index is 13.5. The molecule has 0 bridgehead atoms. The van der Waals surface area contributed by atoms with Crippen molar-refractivity contribution >= 4 is 5.97 Å². The predicted molar refractivity (Wildman–Crippen MR) is 125 cm³/mol. The average molecular weight is 470 g/mol.